The van der Waals surface area contributed by atoms with Gasteiger partial charge in [-0.25, -0.2) is 0 Å². The molecule has 0 spiro atoms. The Morgan fingerprint density at radius 2 is 1.89 bits per heavy atom. The van der Waals surface area contributed by atoms with Crippen molar-refractivity contribution in [2.75, 3.05) is 12.4 Å². The van der Waals surface area contributed by atoms with E-state index in [-0.39, 0.29) is 5.60 Å². The predicted octanol–water partition coefficient (Wildman–Crippen LogP) is 4.57. The molecule has 2 aromatic carbocycles. The van der Waals surface area contributed by atoms with E-state index in [1.54, 1.807) is 7.11 Å². The van der Waals surface area contributed by atoms with E-state index in [1.807, 2.05) is 30.3 Å². The number of benzene rings is 2. The molecule has 1 aliphatic rings. The van der Waals surface area contributed by atoms with Crippen molar-refractivity contribution in [3.8, 4) is 23.6 Å². The van der Waals surface area contributed by atoms with Crippen molar-refractivity contribution in [3.63, 3.8) is 0 Å². The molecule has 1 heterocycles. The lowest BCUT2D eigenvalue weighted by Crippen LogP contribution is -2.49. The highest BCUT2D eigenvalue weighted by Gasteiger charge is 2.40. The summed E-state index contributed by atoms with van der Waals surface area (Å²) in [5.41, 5.74) is 3.88. The number of hydrogen-bond donors (Lipinski definition) is 1. The van der Waals surface area contributed by atoms with Gasteiger partial charge in [-0.1, -0.05) is 36.3 Å². The molecule has 1 aliphatic carbocycles. The van der Waals surface area contributed by atoms with Crippen molar-refractivity contribution in [1.82, 2.24) is 10.2 Å². The van der Waals surface area contributed by atoms with Crippen LogP contribution in [-0.4, -0.2) is 29.0 Å². The highest BCUT2D eigenvalue weighted by atomic mass is 16.5. The van der Waals surface area contributed by atoms with E-state index in [0.29, 0.717) is 6.04 Å². The van der Waals surface area contributed by atoms with Gasteiger partial charge in [0, 0.05) is 35.1 Å². The summed E-state index contributed by atoms with van der Waals surface area (Å²) in [6.07, 6.45) is 7.45. The molecule has 4 rings (SSSR count). The predicted molar refractivity (Wildman–Crippen MR) is 110 cm³/mol. The molecule has 0 bridgehead atoms. The number of methoxy groups -OCH3 is 1. The van der Waals surface area contributed by atoms with Gasteiger partial charge in [-0.05, 0) is 44.4 Å². The molecular weight excluding hydrogens is 334 g/mol. The Bertz CT molecular complexity index is 1050. The Labute approximate surface area is 160 Å². The number of rotatable bonds is 4. The van der Waals surface area contributed by atoms with Crippen LogP contribution in [0.25, 0.3) is 22.0 Å². The fraction of sp³-hybridized carbons (Fsp3) is 0.304. The second kappa shape index (κ2) is 6.68. The van der Waals surface area contributed by atoms with Gasteiger partial charge in [0.05, 0.1) is 5.60 Å². The average molecular weight is 357 g/mol. The van der Waals surface area contributed by atoms with E-state index in [0.717, 1.165) is 51.8 Å². The lowest BCUT2D eigenvalue weighted by molar-refractivity contribution is -0.0625. The maximum atomic E-state index is 5.55. The Morgan fingerprint density at radius 3 is 2.56 bits per heavy atom. The van der Waals surface area contributed by atoms with Gasteiger partial charge >= 0.3 is 0 Å². The monoisotopic (exact) mass is 357 g/mol. The van der Waals surface area contributed by atoms with Crippen molar-refractivity contribution in [1.29, 1.82) is 0 Å². The van der Waals surface area contributed by atoms with Crippen LogP contribution >= 0.6 is 0 Å². The molecule has 1 saturated carbocycles. The molecule has 3 aromatic rings. The number of anilines is 1. The fourth-order valence-electron chi connectivity index (χ4n) is 3.87. The number of hydrogen-bond acceptors (Lipinski definition) is 4. The number of fused-ring (bicyclic) bond motifs is 1. The van der Waals surface area contributed by atoms with E-state index < -0.39 is 0 Å². The number of nitrogens with zero attached hydrogens (tertiary/aromatic N) is 2. The molecule has 1 fully saturated rings. The Morgan fingerprint density at radius 1 is 1.15 bits per heavy atom. The van der Waals surface area contributed by atoms with Gasteiger partial charge < -0.3 is 10.1 Å². The molecule has 1 N–H and O–H groups in total. The highest BCUT2D eigenvalue weighted by molar-refractivity contribution is 6.00. The third-order valence-electron chi connectivity index (χ3n) is 5.53. The molecule has 136 valence electrons. The maximum Gasteiger partial charge on any atom is 0.156 e. The van der Waals surface area contributed by atoms with Crippen LogP contribution in [0.15, 0.2) is 42.5 Å². The first kappa shape index (κ1) is 17.5. The first-order chi connectivity index (χ1) is 13.0. The van der Waals surface area contributed by atoms with E-state index in [4.69, 9.17) is 11.2 Å². The van der Waals surface area contributed by atoms with Gasteiger partial charge in [0.15, 0.2) is 5.82 Å². The third-order valence-corrected chi connectivity index (χ3v) is 5.53. The fourth-order valence-corrected chi connectivity index (χ4v) is 3.87. The molecule has 0 amide bonds. The van der Waals surface area contributed by atoms with Crippen molar-refractivity contribution in [2.24, 2.45) is 0 Å². The SMILES string of the molecule is C#Cc1ccc(-c2nnc(NC3CC(C)(OC)C3)c3ccccc23)c(C)c1. The minimum absolute atomic E-state index is 0.0310. The first-order valence-corrected chi connectivity index (χ1v) is 9.18. The van der Waals surface area contributed by atoms with E-state index >= 15 is 0 Å². The van der Waals surface area contributed by atoms with Crippen molar-refractivity contribution < 1.29 is 4.74 Å². The van der Waals surface area contributed by atoms with Crippen LogP contribution in [0.5, 0.6) is 0 Å². The second-order valence-corrected chi connectivity index (χ2v) is 7.52. The highest BCUT2D eigenvalue weighted by Crippen LogP contribution is 2.38. The Hall–Kier alpha value is -2.90. The molecule has 4 nitrogen and oxygen atoms in total. The lowest BCUT2D eigenvalue weighted by Gasteiger charge is -2.44. The molecule has 0 aliphatic heterocycles. The van der Waals surface area contributed by atoms with Crippen molar-refractivity contribution in [3.05, 3.63) is 53.6 Å². The summed E-state index contributed by atoms with van der Waals surface area (Å²) >= 11 is 0. The zero-order chi connectivity index (χ0) is 19.0. The van der Waals surface area contributed by atoms with E-state index in [9.17, 15) is 0 Å². The van der Waals surface area contributed by atoms with Crippen LogP contribution in [0.3, 0.4) is 0 Å². The van der Waals surface area contributed by atoms with Crippen molar-refractivity contribution >= 4 is 16.6 Å². The molecular formula is C23H23N3O. The summed E-state index contributed by atoms with van der Waals surface area (Å²) in [4.78, 5) is 0. The maximum absolute atomic E-state index is 5.55. The number of aryl methyl sites for hydroxylation is 1. The zero-order valence-electron chi connectivity index (χ0n) is 15.9. The molecule has 27 heavy (non-hydrogen) atoms. The summed E-state index contributed by atoms with van der Waals surface area (Å²) in [6, 6.07) is 14.6. The van der Waals surface area contributed by atoms with Crippen LogP contribution in [0, 0.1) is 19.3 Å². The van der Waals surface area contributed by atoms with Crippen molar-refractivity contribution in [2.45, 2.75) is 38.3 Å². The topological polar surface area (TPSA) is 47.0 Å². The van der Waals surface area contributed by atoms with Crippen LogP contribution in [0.2, 0.25) is 0 Å². The number of aromatic nitrogens is 2. The summed E-state index contributed by atoms with van der Waals surface area (Å²) in [5.74, 6) is 3.51. The van der Waals surface area contributed by atoms with Gasteiger partial charge in [-0.15, -0.1) is 16.6 Å². The molecule has 0 radical (unpaired) electrons. The van der Waals surface area contributed by atoms with Gasteiger partial charge in [0.1, 0.15) is 5.69 Å². The van der Waals surface area contributed by atoms with Crippen LogP contribution < -0.4 is 5.32 Å². The lowest BCUT2D eigenvalue weighted by atomic mass is 9.77. The largest absolute Gasteiger partial charge is 0.378 e. The first-order valence-electron chi connectivity index (χ1n) is 9.18. The summed E-state index contributed by atoms with van der Waals surface area (Å²) in [5, 5.41) is 14.8. The summed E-state index contributed by atoms with van der Waals surface area (Å²) in [7, 11) is 1.77. The Kier molecular flexibility index (Phi) is 4.33. The van der Waals surface area contributed by atoms with Crippen LogP contribution in [-0.2, 0) is 4.74 Å². The van der Waals surface area contributed by atoms with E-state index in [1.165, 1.54) is 0 Å². The van der Waals surface area contributed by atoms with Gasteiger partial charge in [0.25, 0.3) is 0 Å². The molecule has 0 saturated heterocycles. The van der Waals surface area contributed by atoms with Crippen LogP contribution in [0.4, 0.5) is 5.82 Å². The zero-order valence-corrected chi connectivity index (χ0v) is 15.9. The number of ether oxygens (including phenoxy) is 1. The third kappa shape index (κ3) is 3.15. The van der Waals surface area contributed by atoms with Gasteiger partial charge in [-0.3, -0.25) is 0 Å². The normalized spacial score (nSPS) is 21.5. The quantitative estimate of drug-likeness (QED) is 0.695. The van der Waals surface area contributed by atoms with Crippen LogP contribution in [0.1, 0.15) is 30.9 Å². The Balaban J connectivity index is 1.72. The molecule has 4 heteroatoms. The molecule has 1 aromatic heterocycles. The standard InChI is InChI=1S/C23H23N3O/c1-5-16-10-11-18(15(2)12-16)21-19-8-6-7-9-20(19)22(26-25-21)24-17-13-23(3,14-17)27-4/h1,6-12,17H,13-14H2,2-4H3,(H,24,26). The summed E-state index contributed by atoms with van der Waals surface area (Å²) < 4.78 is 5.55. The van der Waals surface area contributed by atoms with Gasteiger partial charge in [-0.2, -0.15) is 0 Å². The van der Waals surface area contributed by atoms with E-state index in [2.05, 4.69) is 47.4 Å². The minimum atomic E-state index is -0.0310. The molecule has 0 atom stereocenters. The van der Waals surface area contributed by atoms with Gasteiger partial charge in [0.2, 0.25) is 0 Å². The smallest absolute Gasteiger partial charge is 0.156 e. The minimum Gasteiger partial charge on any atom is -0.378 e. The molecule has 0 unspecified atom stereocenters. The summed E-state index contributed by atoms with van der Waals surface area (Å²) in [6.45, 7) is 4.19. The number of terminal acetylenes is 1. The average Bonchev–Trinajstić information content (AvgIpc) is 2.67. The number of nitrogens with one attached hydrogen (secondary N) is 1. The second-order valence-electron chi connectivity index (χ2n) is 7.52.